The molecule has 0 unspecified atom stereocenters. The summed E-state index contributed by atoms with van der Waals surface area (Å²) in [5.41, 5.74) is 2.09. The van der Waals surface area contributed by atoms with Crippen LogP contribution in [0.3, 0.4) is 0 Å². The molecule has 0 saturated heterocycles. The van der Waals surface area contributed by atoms with Crippen molar-refractivity contribution in [3.63, 3.8) is 0 Å². The number of benzene rings is 3. The minimum atomic E-state index is -0.289. The summed E-state index contributed by atoms with van der Waals surface area (Å²) in [6.07, 6.45) is 0. The monoisotopic (exact) mass is 452 g/mol. The highest BCUT2D eigenvalue weighted by molar-refractivity contribution is 9.10. The molecule has 6 heteroatoms. The quantitative estimate of drug-likeness (QED) is 0.563. The fraction of sp³-hybridized carbons (Fsp3) is 0.130. The van der Waals surface area contributed by atoms with Crippen LogP contribution in [-0.2, 0) is 11.3 Å². The lowest BCUT2D eigenvalue weighted by atomic mass is 10.2. The predicted molar refractivity (Wildman–Crippen MR) is 117 cm³/mol. The van der Waals surface area contributed by atoms with Crippen LogP contribution in [0.15, 0.2) is 83.3 Å². The lowest BCUT2D eigenvalue weighted by molar-refractivity contribution is -0.132. The summed E-state index contributed by atoms with van der Waals surface area (Å²) in [4.78, 5) is 26.6. The summed E-state index contributed by atoms with van der Waals surface area (Å²) in [6.45, 7) is 0.328. The van der Waals surface area contributed by atoms with Crippen LogP contribution in [0.2, 0.25) is 0 Å². The van der Waals surface area contributed by atoms with Crippen molar-refractivity contribution in [3.05, 3.63) is 94.5 Å². The number of rotatable bonds is 7. The molecule has 0 spiro atoms. The van der Waals surface area contributed by atoms with Gasteiger partial charge >= 0.3 is 0 Å². The van der Waals surface area contributed by atoms with Gasteiger partial charge in [-0.1, -0.05) is 58.4 Å². The second-order valence-electron chi connectivity index (χ2n) is 6.48. The van der Waals surface area contributed by atoms with Crippen LogP contribution < -0.4 is 10.1 Å². The topological polar surface area (TPSA) is 58.6 Å². The van der Waals surface area contributed by atoms with E-state index in [1.807, 2.05) is 54.6 Å². The minimum Gasteiger partial charge on any atom is -0.483 e. The average molecular weight is 453 g/mol. The smallest absolute Gasteiger partial charge is 0.260 e. The Morgan fingerprint density at radius 2 is 1.59 bits per heavy atom. The molecule has 148 valence electrons. The van der Waals surface area contributed by atoms with Gasteiger partial charge in [-0.15, -0.1) is 0 Å². The minimum absolute atomic E-state index is 0.150. The van der Waals surface area contributed by atoms with E-state index in [9.17, 15) is 9.59 Å². The van der Waals surface area contributed by atoms with Crippen LogP contribution in [0, 0.1) is 0 Å². The Labute approximate surface area is 178 Å². The Kier molecular flexibility index (Phi) is 7.03. The third-order valence-electron chi connectivity index (χ3n) is 4.27. The van der Waals surface area contributed by atoms with Crippen molar-refractivity contribution in [3.8, 4) is 5.75 Å². The molecule has 0 radical (unpaired) electrons. The van der Waals surface area contributed by atoms with E-state index in [-0.39, 0.29) is 18.4 Å². The summed E-state index contributed by atoms with van der Waals surface area (Å²) < 4.78 is 6.67. The highest BCUT2D eigenvalue weighted by atomic mass is 79.9. The normalized spacial score (nSPS) is 10.3. The first kappa shape index (κ1) is 20.6. The van der Waals surface area contributed by atoms with Gasteiger partial charge in [-0.3, -0.25) is 9.59 Å². The molecule has 0 saturated carbocycles. The Hall–Kier alpha value is -3.12. The molecule has 29 heavy (non-hydrogen) atoms. The molecule has 5 nitrogen and oxygen atoms in total. The van der Waals surface area contributed by atoms with Crippen LogP contribution >= 0.6 is 15.9 Å². The van der Waals surface area contributed by atoms with Crippen molar-refractivity contribution < 1.29 is 14.3 Å². The number of hydrogen-bond donors (Lipinski definition) is 1. The highest BCUT2D eigenvalue weighted by Gasteiger charge is 2.15. The van der Waals surface area contributed by atoms with E-state index in [0.717, 1.165) is 10.0 Å². The van der Waals surface area contributed by atoms with E-state index >= 15 is 0 Å². The summed E-state index contributed by atoms with van der Waals surface area (Å²) >= 11 is 3.40. The molecule has 0 aliphatic heterocycles. The first-order valence-electron chi connectivity index (χ1n) is 9.09. The standard InChI is InChI=1S/C23H21BrN2O3/c1-26(15-17-11-13-18(24)14-12-17)22(27)16-29-21-10-6-5-9-20(21)23(28)25-19-7-3-2-4-8-19/h2-14H,15-16H2,1H3,(H,25,28). The van der Waals surface area contributed by atoms with E-state index in [1.165, 1.54) is 0 Å². The zero-order chi connectivity index (χ0) is 20.6. The summed E-state index contributed by atoms with van der Waals surface area (Å²) in [5, 5.41) is 2.83. The van der Waals surface area contributed by atoms with Crippen LogP contribution in [0.5, 0.6) is 5.75 Å². The molecular formula is C23H21BrN2O3. The van der Waals surface area contributed by atoms with Crippen molar-refractivity contribution in [2.24, 2.45) is 0 Å². The van der Waals surface area contributed by atoms with Crippen molar-refractivity contribution in [2.45, 2.75) is 6.54 Å². The van der Waals surface area contributed by atoms with Crippen LogP contribution in [0.4, 0.5) is 5.69 Å². The first-order chi connectivity index (χ1) is 14.0. The van der Waals surface area contributed by atoms with E-state index in [2.05, 4.69) is 21.2 Å². The van der Waals surface area contributed by atoms with Crippen molar-refractivity contribution in [1.82, 2.24) is 4.90 Å². The molecule has 0 atom stereocenters. The van der Waals surface area contributed by atoms with Crippen molar-refractivity contribution >= 4 is 33.4 Å². The molecular weight excluding hydrogens is 432 g/mol. The largest absolute Gasteiger partial charge is 0.483 e. The van der Waals surface area contributed by atoms with E-state index in [4.69, 9.17) is 4.74 Å². The van der Waals surface area contributed by atoms with Gasteiger partial charge in [-0.2, -0.15) is 0 Å². The molecule has 0 aromatic heterocycles. The Morgan fingerprint density at radius 3 is 2.31 bits per heavy atom. The van der Waals surface area contributed by atoms with Crippen LogP contribution in [-0.4, -0.2) is 30.4 Å². The Morgan fingerprint density at radius 1 is 0.931 bits per heavy atom. The molecule has 3 aromatic rings. The van der Waals surface area contributed by atoms with Gasteiger partial charge in [0.25, 0.3) is 11.8 Å². The molecule has 0 aliphatic carbocycles. The lowest BCUT2D eigenvalue weighted by Crippen LogP contribution is -2.31. The molecule has 2 amide bonds. The lowest BCUT2D eigenvalue weighted by Gasteiger charge is -2.18. The van der Waals surface area contributed by atoms with Gasteiger partial charge in [0.15, 0.2) is 6.61 Å². The molecule has 0 bridgehead atoms. The van der Waals surface area contributed by atoms with Crippen LogP contribution in [0.1, 0.15) is 15.9 Å². The number of carbonyl (C=O) groups excluding carboxylic acids is 2. The SMILES string of the molecule is CN(Cc1ccc(Br)cc1)C(=O)COc1ccccc1C(=O)Nc1ccccc1. The molecule has 3 aromatic carbocycles. The van der Waals surface area contributed by atoms with Gasteiger partial charge in [0.2, 0.25) is 0 Å². The van der Waals surface area contributed by atoms with Gasteiger partial charge in [-0.05, 0) is 42.0 Å². The fourth-order valence-corrected chi connectivity index (χ4v) is 2.97. The van der Waals surface area contributed by atoms with Crippen molar-refractivity contribution in [2.75, 3.05) is 19.0 Å². The summed E-state index contributed by atoms with van der Waals surface area (Å²) in [7, 11) is 1.72. The summed E-state index contributed by atoms with van der Waals surface area (Å²) in [5.74, 6) is -0.0972. The number of para-hydroxylation sites is 2. The van der Waals surface area contributed by atoms with Gasteiger partial charge in [-0.25, -0.2) is 0 Å². The van der Waals surface area contributed by atoms with Gasteiger partial charge < -0.3 is 15.0 Å². The van der Waals surface area contributed by atoms with E-state index < -0.39 is 0 Å². The Bertz CT molecular complexity index is 975. The highest BCUT2D eigenvalue weighted by Crippen LogP contribution is 2.20. The fourth-order valence-electron chi connectivity index (χ4n) is 2.70. The number of nitrogens with one attached hydrogen (secondary N) is 1. The van der Waals surface area contributed by atoms with Crippen molar-refractivity contribution in [1.29, 1.82) is 0 Å². The second kappa shape index (κ2) is 9.89. The number of hydrogen-bond acceptors (Lipinski definition) is 3. The first-order valence-corrected chi connectivity index (χ1v) is 9.89. The molecule has 0 fully saturated rings. The zero-order valence-corrected chi connectivity index (χ0v) is 17.6. The molecule has 1 N–H and O–H groups in total. The third kappa shape index (κ3) is 5.93. The maximum absolute atomic E-state index is 12.6. The molecule has 0 heterocycles. The van der Waals surface area contributed by atoms with Crippen LogP contribution in [0.25, 0.3) is 0 Å². The van der Waals surface area contributed by atoms with Gasteiger partial charge in [0.1, 0.15) is 5.75 Å². The number of ether oxygens (including phenoxy) is 1. The number of anilines is 1. The maximum atomic E-state index is 12.6. The predicted octanol–water partition coefficient (Wildman–Crippen LogP) is 4.74. The molecule has 3 rings (SSSR count). The molecule has 0 aliphatic rings. The summed E-state index contributed by atoms with van der Waals surface area (Å²) in [6, 6.07) is 23.8. The number of nitrogens with zero attached hydrogens (tertiary/aromatic N) is 1. The number of halogens is 1. The number of carbonyl (C=O) groups is 2. The average Bonchev–Trinajstić information content (AvgIpc) is 2.74. The van der Waals surface area contributed by atoms with E-state index in [0.29, 0.717) is 23.5 Å². The zero-order valence-electron chi connectivity index (χ0n) is 16.0. The van der Waals surface area contributed by atoms with Gasteiger partial charge in [0, 0.05) is 23.8 Å². The Balaban J connectivity index is 1.60. The number of amides is 2. The third-order valence-corrected chi connectivity index (χ3v) is 4.80. The second-order valence-corrected chi connectivity index (χ2v) is 7.40. The van der Waals surface area contributed by atoms with E-state index in [1.54, 1.807) is 36.2 Å². The number of likely N-dealkylation sites (N-methyl/N-ethyl adjacent to an activating group) is 1. The van der Waals surface area contributed by atoms with Gasteiger partial charge in [0.05, 0.1) is 5.56 Å². The maximum Gasteiger partial charge on any atom is 0.260 e.